The highest BCUT2D eigenvalue weighted by atomic mass is 16.2. The minimum Gasteiger partial charge on any atom is -0.332 e. The summed E-state index contributed by atoms with van der Waals surface area (Å²) in [5.41, 5.74) is 2.76. The average Bonchev–Trinajstić information content (AvgIpc) is 2.38. The van der Waals surface area contributed by atoms with Gasteiger partial charge in [0.15, 0.2) is 5.82 Å². The van der Waals surface area contributed by atoms with Gasteiger partial charge >= 0.3 is 0 Å². The molecule has 1 amide bonds. The van der Waals surface area contributed by atoms with Crippen LogP contribution in [0.2, 0.25) is 0 Å². The third kappa shape index (κ3) is 2.43. The Morgan fingerprint density at radius 1 is 1.33 bits per heavy atom. The van der Waals surface area contributed by atoms with Crippen LogP contribution in [-0.2, 0) is 0 Å². The second kappa shape index (κ2) is 5.30. The van der Waals surface area contributed by atoms with Gasteiger partial charge in [-0.3, -0.25) is 4.79 Å². The SMILES string of the molecule is C[C@@H]1CCC[C@H](C)N1C(=O)c1cnc(NN)cn1. The van der Waals surface area contributed by atoms with Gasteiger partial charge in [0.1, 0.15) is 5.69 Å². The summed E-state index contributed by atoms with van der Waals surface area (Å²) >= 11 is 0. The van der Waals surface area contributed by atoms with Gasteiger partial charge in [-0.2, -0.15) is 0 Å². The molecule has 1 saturated heterocycles. The summed E-state index contributed by atoms with van der Waals surface area (Å²) in [5, 5.41) is 0. The molecule has 98 valence electrons. The lowest BCUT2D eigenvalue weighted by molar-refractivity contribution is 0.0504. The molecule has 1 aliphatic rings. The van der Waals surface area contributed by atoms with Crippen molar-refractivity contribution < 1.29 is 4.79 Å². The van der Waals surface area contributed by atoms with E-state index in [9.17, 15) is 4.79 Å². The highest BCUT2D eigenvalue weighted by molar-refractivity contribution is 5.92. The molecule has 1 aromatic rings. The topological polar surface area (TPSA) is 84.1 Å². The van der Waals surface area contributed by atoms with E-state index in [1.807, 2.05) is 4.90 Å². The van der Waals surface area contributed by atoms with E-state index in [2.05, 4.69) is 29.2 Å². The van der Waals surface area contributed by atoms with Crippen molar-refractivity contribution in [1.29, 1.82) is 0 Å². The second-order valence-corrected chi connectivity index (χ2v) is 4.77. The third-order valence-corrected chi connectivity index (χ3v) is 3.45. The average molecular weight is 249 g/mol. The van der Waals surface area contributed by atoms with Crippen LogP contribution in [0.3, 0.4) is 0 Å². The summed E-state index contributed by atoms with van der Waals surface area (Å²) in [5.74, 6) is 5.62. The number of hydrazine groups is 1. The molecular formula is C12H19N5O. The van der Waals surface area contributed by atoms with E-state index in [1.54, 1.807) is 0 Å². The molecule has 2 atom stereocenters. The molecule has 0 unspecified atom stereocenters. The summed E-state index contributed by atoms with van der Waals surface area (Å²) < 4.78 is 0. The zero-order valence-corrected chi connectivity index (χ0v) is 10.8. The Hall–Kier alpha value is -1.69. The molecule has 0 radical (unpaired) electrons. The normalized spacial score (nSPS) is 23.8. The standard InChI is InChI=1S/C12H19N5O/c1-8-4-3-5-9(2)17(8)12(18)10-6-15-11(16-13)7-14-10/h6-9H,3-5,13H2,1-2H3,(H,15,16)/t8-,9+. The summed E-state index contributed by atoms with van der Waals surface area (Å²) in [6, 6.07) is 0.519. The second-order valence-electron chi connectivity index (χ2n) is 4.77. The fraction of sp³-hybridized carbons (Fsp3) is 0.583. The number of carbonyl (C=O) groups excluding carboxylic acids is 1. The van der Waals surface area contributed by atoms with Crippen molar-refractivity contribution in [2.24, 2.45) is 5.84 Å². The van der Waals surface area contributed by atoms with E-state index in [-0.39, 0.29) is 18.0 Å². The Bertz CT molecular complexity index is 409. The molecule has 2 heterocycles. The number of likely N-dealkylation sites (tertiary alicyclic amines) is 1. The predicted molar refractivity (Wildman–Crippen MR) is 68.8 cm³/mol. The van der Waals surface area contributed by atoms with Crippen molar-refractivity contribution in [3.05, 3.63) is 18.1 Å². The maximum atomic E-state index is 12.4. The highest BCUT2D eigenvalue weighted by Gasteiger charge is 2.30. The first-order valence-electron chi connectivity index (χ1n) is 6.24. The number of hydrogen-bond acceptors (Lipinski definition) is 5. The molecule has 3 N–H and O–H groups in total. The number of amides is 1. The largest absolute Gasteiger partial charge is 0.332 e. The minimum absolute atomic E-state index is 0.0502. The molecule has 6 nitrogen and oxygen atoms in total. The van der Waals surface area contributed by atoms with Crippen LogP contribution in [0.25, 0.3) is 0 Å². The van der Waals surface area contributed by atoms with Crippen molar-refractivity contribution >= 4 is 11.7 Å². The first-order chi connectivity index (χ1) is 8.63. The molecule has 0 bridgehead atoms. The molecule has 18 heavy (non-hydrogen) atoms. The number of nitrogens with one attached hydrogen (secondary N) is 1. The van der Waals surface area contributed by atoms with Gasteiger partial charge in [0.25, 0.3) is 5.91 Å². The minimum atomic E-state index is -0.0502. The number of nitrogens with zero attached hydrogens (tertiary/aromatic N) is 3. The zero-order chi connectivity index (χ0) is 13.1. The van der Waals surface area contributed by atoms with Gasteiger partial charge in [0.2, 0.25) is 0 Å². The maximum Gasteiger partial charge on any atom is 0.274 e. The van der Waals surface area contributed by atoms with Gasteiger partial charge in [0.05, 0.1) is 12.4 Å². The first-order valence-corrected chi connectivity index (χ1v) is 6.24. The molecule has 1 fully saturated rings. The van der Waals surface area contributed by atoms with E-state index in [1.165, 1.54) is 18.8 Å². The molecule has 0 saturated carbocycles. The van der Waals surface area contributed by atoms with Crippen LogP contribution in [0.5, 0.6) is 0 Å². The van der Waals surface area contributed by atoms with E-state index in [4.69, 9.17) is 5.84 Å². The fourth-order valence-corrected chi connectivity index (χ4v) is 2.47. The van der Waals surface area contributed by atoms with Crippen molar-refractivity contribution in [1.82, 2.24) is 14.9 Å². The molecule has 2 rings (SSSR count). The first kappa shape index (κ1) is 12.8. The van der Waals surface area contributed by atoms with E-state index >= 15 is 0 Å². The van der Waals surface area contributed by atoms with Crippen LogP contribution >= 0.6 is 0 Å². The lowest BCUT2D eigenvalue weighted by atomic mass is 9.97. The Morgan fingerprint density at radius 2 is 2.00 bits per heavy atom. The number of rotatable bonds is 2. The Labute approximate surface area is 107 Å². The van der Waals surface area contributed by atoms with Gasteiger partial charge in [-0.15, -0.1) is 0 Å². The van der Waals surface area contributed by atoms with Crippen LogP contribution in [0, 0.1) is 0 Å². The number of nitrogens with two attached hydrogens (primary N) is 1. The molecule has 0 spiro atoms. The Morgan fingerprint density at radius 3 is 2.50 bits per heavy atom. The van der Waals surface area contributed by atoms with Crippen molar-refractivity contribution in [2.45, 2.75) is 45.2 Å². The van der Waals surface area contributed by atoms with Gasteiger partial charge in [-0.25, -0.2) is 15.8 Å². The van der Waals surface area contributed by atoms with Gasteiger partial charge in [-0.05, 0) is 33.1 Å². The van der Waals surface area contributed by atoms with E-state index in [0.717, 1.165) is 12.8 Å². The van der Waals surface area contributed by atoms with Crippen molar-refractivity contribution in [3.63, 3.8) is 0 Å². The summed E-state index contributed by atoms with van der Waals surface area (Å²) in [7, 11) is 0. The Balaban J connectivity index is 2.18. The summed E-state index contributed by atoms with van der Waals surface area (Å²) in [6.07, 6.45) is 6.20. The zero-order valence-electron chi connectivity index (χ0n) is 10.8. The van der Waals surface area contributed by atoms with E-state index < -0.39 is 0 Å². The van der Waals surface area contributed by atoms with Crippen LogP contribution in [0.15, 0.2) is 12.4 Å². The molecule has 1 aromatic heterocycles. The monoisotopic (exact) mass is 249 g/mol. The maximum absolute atomic E-state index is 12.4. The number of nitrogen functional groups attached to an aromatic ring is 1. The number of carbonyl (C=O) groups is 1. The quantitative estimate of drug-likeness (QED) is 0.607. The number of hydrogen-bond donors (Lipinski definition) is 2. The van der Waals surface area contributed by atoms with E-state index in [0.29, 0.717) is 11.5 Å². The summed E-state index contributed by atoms with van der Waals surface area (Å²) in [6.45, 7) is 4.16. The lowest BCUT2D eigenvalue weighted by Crippen LogP contribution is -2.47. The molecule has 6 heteroatoms. The predicted octanol–water partition coefficient (Wildman–Crippen LogP) is 1.17. The third-order valence-electron chi connectivity index (χ3n) is 3.45. The fourth-order valence-electron chi connectivity index (χ4n) is 2.47. The van der Waals surface area contributed by atoms with Crippen LogP contribution in [-0.4, -0.2) is 32.9 Å². The van der Waals surface area contributed by atoms with Gasteiger partial charge in [0, 0.05) is 12.1 Å². The van der Waals surface area contributed by atoms with Crippen molar-refractivity contribution in [3.8, 4) is 0 Å². The summed E-state index contributed by atoms with van der Waals surface area (Å²) in [4.78, 5) is 22.4. The lowest BCUT2D eigenvalue weighted by Gasteiger charge is -2.38. The number of anilines is 1. The van der Waals surface area contributed by atoms with Crippen LogP contribution < -0.4 is 11.3 Å². The number of aromatic nitrogens is 2. The molecular weight excluding hydrogens is 230 g/mol. The Kier molecular flexibility index (Phi) is 3.76. The van der Waals surface area contributed by atoms with Gasteiger partial charge < -0.3 is 10.3 Å². The van der Waals surface area contributed by atoms with Gasteiger partial charge in [-0.1, -0.05) is 0 Å². The van der Waals surface area contributed by atoms with Crippen molar-refractivity contribution in [2.75, 3.05) is 5.43 Å². The molecule has 0 aliphatic carbocycles. The highest BCUT2D eigenvalue weighted by Crippen LogP contribution is 2.24. The number of piperidine rings is 1. The molecule has 1 aliphatic heterocycles. The van der Waals surface area contributed by atoms with Crippen LogP contribution in [0.4, 0.5) is 5.82 Å². The van der Waals surface area contributed by atoms with Crippen LogP contribution in [0.1, 0.15) is 43.6 Å². The smallest absolute Gasteiger partial charge is 0.274 e. The molecule has 0 aromatic carbocycles.